The SMILES string of the molecule is CC(C)n1ccnc(NCCC(F)(F)F)c1=O. The van der Waals surface area contributed by atoms with Crippen molar-refractivity contribution in [3.05, 3.63) is 22.7 Å². The first kappa shape index (κ1) is 13.5. The van der Waals surface area contributed by atoms with Gasteiger partial charge < -0.3 is 9.88 Å². The first-order valence-electron chi connectivity index (χ1n) is 5.19. The maximum atomic E-state index is 11.9. The molecule has 0 atom stereocenters. The Morgan fingerprint density at radius 3 is 2.65 bits per heavy atom. The van der Waals surface area contributed by atoms with E-state index in [0.29, 0.717) is 0 Å². The molecule has 17 heavy (non-hydrogen) atoms. The van der Waals surface area contributed by atoms with Gasteiger partial charge in [0, 0.05) is 25.0 Å². The molecule has 0 radical (unpaired) electrons. The molecule has 0 aliphatic rings. The summed E-state index contributed by atoms with van der Waals surface area (Å²) in [5.74, 6) is -0.0505. The van der Waals surface area contributed by atoms with Gasteiger partial charge in [0.1, 0.15) is 0 Å². The lowest BCUT2D eigenvalue weighted by molar-refractivity contribution is -0.131. The second-order valence-electron chi connectivity index (χ2n) is 3.87. The van der Waals surface area contributed by atoms with E-state index in [1.807, 2.05) is 0 Å². The van der Waals surface area contributed by atoms with Gasteiger partial charge in [-0.15, -0.1) is 0 Å². The van der Waals surface area contributed by atoms with Crippen LogP contribution < -0.4 is 10.9 Å². The summed E-state index contributed by atoms with van der Waals surface area (Å²) in [6.45, 7) is 3.26. The Bertz CT molecular complexity index is 426. The fourth-order valence-electron chi connectivity index (χ4n) is 1.28. The van der Waals surface area contributed by atoms with E-state index in [2.05, 4.69) is 10.3 Å². The molecule has 1 aromatic rings. The van der Waals surface area contributed by atoms with Gasteiger partial charge in [-0.1, -0.05) is 0 Å². The summed E-state index contributed by atoms with van der Waals surface area (Å²) in [7, 11) is 0. The second-order valence-corrected chi connectivity index (χ2v) is 3.87. The van der Waals surface area contributed by atoms with Crippen LogP contribution in [0.4, 0.5) is 19.0 Å². The predicted molar refractivity (Wildman–Crippen MR) is 58.0 cm³/mol. The minimum Gasteiger partial charge on any atom is -0.365 e. The van der Waals surface area contributed by atoms with Crippen LogP contribution in [0.1, 0.15) is 26.3 Å². The van der Waals surface area contributed by atoms with Gasteiger partial charge >= 0.3 is 6.18 Å². The van der Waals surface area contributed by atoms with Crippen LogP contribution in [0.5, 0.6) is 0 Å². The molecule has 1 N–H and O–H groups in total. The maximum absolute atomic E-state index is 11.9. The standard InChI is InChI=1S/C10H14F3N3O/c1-7(2)16-6-5-15-8(9(16)17)14-4-3-10(11,12)13/h5-7H,3-4H2,1-2H3,(H,14,15). The van der Waals surface area contributed by atoms with Crippen molar-refractivity contribution in [1.82, 2.24) is 9.55 Å². The Balaban J connectivity index is 2.73. The van der Waals surface area contributed by atoms with E-state index in [1.165, 1.54) is 17.0 Å². The first-order valence-corrected chi connectivity index (χ1v) is 5.19. The van der Waals surface area contributed by atoms with E-state index in [-0.39, 0.29) is 18.4 Å². The third kappa shape index (κ3) is 4.08. The van der Waals surface area contributed by atoms with E-state index in [9.17, 15) is 18.0 Å². The molecule has 0 saturated heterocycles. The van der Waals surface area contributed by atoms with Crippen LogP contribution in [0, 0.1) is 0 Å². The van der Waals surface area contributed by atoms with Gasteiger partial charge in [-0.05, 0) is 13.8 Å². The number of halogens is 3. The molecule has 0 aliphatic heterocycles. The third-order valence-electron chi connectivity index (χ3n) is 2.13. The molecular formula is C10H14F3N3O. The van der Waals surface area contributed by atoms with E-state index < -0.39 is 18.2 Å². The van der Waals surface area contributed by atoms with Crippen molar-refractivity contribution in [1.29, 1.82) is 0 Å². The fraction of sp³-hybridized carbons (Fsp3) is 0.600. The van der Waals surface area contributed by atoms with Crippen LogP contribution in [0.25, 0.3) is 0 Å². The second kappa shape index (κ2) is 5.20. The van der Waals surface area contributed by atoms with Crippen LogP contribution in [0.15, 0.2) is 17.2 Å². The van der Waals surface area contributed by atoms with Gasteiger partial charge in [0.05, 0.1) is 6.42 Å². The molecule has 0 bridgehead atoms. The molecule has 0 saturated carbocycles. The van der Waals surface area contributed by atoms with Crippen molar-refractivity contribution < 1.29 is 13.2 Å². The molecule has 0 amide bonds. The smallest absolute Gasteiger partial charge is 0.365 e. The quantitative estimate of drug-likeness (QED) is 0.889. The zero-order valence-corrected chi connectivity index (χ0v) is 9.58. The molecular weight excluding hydrogens is 235 g/mol. The first-order chi connectivity index (χ1) is 7.81. The highest BCUT2D eigenvalue weighted by atomic mass is 19.4. The van der Waals surface area contributed by atoms with Crippen LogP contribution in [-0.2, 0) is 0 Å². The number of hydrogen-bond acceptors (Lipinski definition) is 3. The molecule has 1 heterocycles. The number of rotatable bonds is 4. The molecule has 4 nitrogen and oxygen atoms in total. The minimum atomic E-state index is -4.24. The summed E-state index contributed by atoms with van der Waals surface area (Å²) in [4.78, 5) is 15.5. The number of aromatic nitrogens is 2. The van der Waals surface area contributed by atoms with Gasteiger partial charge in [-0.2, -0.15) is 13.2 Å². The van der Waals surface area contributed by atoms with E-state index in [0.717, 1.165) is 0 Å². The molecule has 1 aromatic heterocycles. The highest BCUT2D eigenvalue weighted by Gasteiger charge is 2.26. The maximum Gasteiger partial charge on any atom is 0.390 e. The molecule has 1 rings (SSSR count). The zero-order chi connectivity index (χ0) is 13.1. The molecule has 0 unspecified atom stereocenters. The van der Waals surface area contributed by atoms with Gasteiger partial charge in [-0.25, -0.2) is 4.98 Å². The molecule has 0 spiro atoms. The summed E-state index contributed by atoms with van der Waals surface area (Å²) < 4.78 is 37.2. The monoisotopic (exact) mass is 249 g/mol. The van der Waals surface area contributed by atoms with Crippen molar-refractivity contribution in [2.45, 2.75) is 32.5 Å². The number of hydrogen-bond donors (Lipinski definition) is 1. The Kier molecular flexibility index (Phi) is 4.14. The van der Waals surface area contributed by atoms with Gasteiger partial charge in [-0.3, -0.25) is 4.79 Å². The summed E-state index contributed by atoms with van der Waals surface area (Å²) in [5, 5.41) is 2.40. The van der Waals surface area contributed by atoms with Gasteiger partial charge in [0.2, 0.25) is 0 Å². The topological polar surface area (TPSA) is 46.9 Å². The molecule has 0 fully saturated rings. The number of alkyl halides is 3. The molecule has 7 heteroatoms. The number of nitrogens with zero attached hydrogens (tertiary/aromatic N) is 2. The lowest BCUT2D eigenvalue weighted by Gasteiger charge is -2.12. The highest BCUT2D eigenvalue weighted by molar-refractivity contribution is 5.30. The Hall–Kier alpha value is -1.53. The highest BCUT2D eigenvalue weighted by Crippen LogP contribution is 2.18. The largest absolute Gasteiger partial charge is 0.390 e. The predicted octanol–water partition coefficient (Wildman–Crippen LogP) is 2.19. The minimum absolute atomic E-state index is 0.0505. The Morgan fingerprint density at radius 2 is 2.12 bits per heavy atom. The van der Waals surface area contributed by atoms with Crippen LogP contribution in [-0.4, -0.2) is 22.3 Å². The average molecular weight is 249 g/mol. The van der Waals surface area contributed by atoms with Crippen molar-refractivity contribution in [2.24, 2.45) is 0 Å². The van der Waals surface area contributed by atoms with E-state index in [1.54, 1.807) is 13.8 Å². The molecule has 0 aromatic carbocycles. The normalized spacial score (nSPS) is 11.9. The molecule has 0 aliphatic carbocycles. The average Bonchev–Trinajstić information content (AvgIpc) is 2.18. The van der Waals surface area contributed by atoms with Gasteiger partial charge in [0.15, 0.2) is 5.82 Å². The van der Waals surface area contributed by atoms with Crippen molar-refractivity contribution in [2.75, 3.05) is 11.9 Å². The van der Waals surface area contributed by atoms with Crippen LogP contribution in [0.2, 0.25) is 0 Å². The Labute approximate surface area is 96.5 Å². The summed E-state index contributed by atoms with van der Waals surface area (Å²) in [6, 6.07) is -0.0614. The lowest BCUT2D eigenvalue weighted by Crippen LogP contribution is -2.27. The summed E-state index contributed by atoms with van der Waals surface area (Å²) >= 11 is 0. The number of anilines is 1. The van der Waals surface area contributed by atoms with Crippen molar-refractivity contribution in [3.63, 3.8) is 0 Å². The summed E-state index contributed by atoms with van der Waals surface area (Å²) in [6.07, 6.45) is -2.34. The van der Waals surface area contributed by atoms with Crippen LogP contribution >= 0.6 is 0 Å². The Morgan fingerprint density at radius 1 is 1.47 bits per heavy atom. The van der Waals surface area contributed by atoms with Crippen molar-refractivity contribution >= 4 is 5.82 Å². The number of nitrogens with one attached hydrogen (secondary N) is 1. The van der Waals surface area contributed by atoms with E-state index in [4.69, 9.17) is 0 Å². The van der Waals surface area contributed by atoms with E-state index >= 15 is 0 Å². The summed E-state index contributed by atoms with van der Waals surface area (Å²) in [5.41, 5.74) is -0.412. The molecule has 96 valence electrons. The fourth-order valence-corrected chi connectivity index (χ4v) is 1.28. The van der Waals surface area contributed by atoms with Crippen molar-refractivity contribution in [3.8, 4) is 0 Å². The lowest BCUT2D eigenvalue weighted by atomic mass is 10.4. The third-order valence-corrected chi connectivity index (χ3v) is 2.13. The van der Waals surface area contributed by atoms with Gasteiger partial charge in [0.25, 0.3) is 5.56 Å². The van der Waals surface area contributed by atoms with Crippen LogP contribution in [0.3, 0.4) is 0 Å². The zero-order valence-electron chi connectivity index (χ0n) is 9.58.